The molecule has 3 aromatic rings. The van der Waals surface area contributed by atoms with Crippen LogP contribution in [0.15, 0.2) is 54.9 Å². The van der Waals surface area contributed by atoms with E-state index in [0.29, 0.717) is 0 Å². The average molecular weight is 264 g/mol. The van der Waals surface area contributed by atoms with Crippen LogP contribution >= 0.6 is 0 Å². The molecule has 0 amide bonds. The van der Waals surface area contributed by atoms with E-state index in [1.807, 2.05) is 7.05 Å². The fourth-order valence-electron chi connectivity index (χ4n) is 2.71. The molecule has 0 aliphatic heterocycles. The summed E-state index contributed by atoms with van der Waals surface area (Å²) in [5.41, 5.74) is 6.62. The molecule has 0 radical (unpaired) electrons. The molecule has 20 heavy (non-hydrogen) atoms. The molecule has 0 unspecified atom stereocenters. The Morgan fingerprint density at radius 2 is 1.85 bits per heavy atom. The second-order valence-electron chi connectivity index (χ2n) is 5.10. The molecule has 0 bridgehead atoms. The van der Waals surface area contributed by atoms with Gasteiger partial charge < -0.3 is 9.72 Å². The van der Waals surface area contributed by atoms with E-state index in [9.17, 15) is 0 Å². The lowest BCUT2D eigenvalue weighted by molar-refractivity contribution is 0.825. The molecule has 3 rings (SSSR count). The van der Waals surface area contributed by atoms with Gasteiger partial charge in [0.2, 0.25) is 0 Å². The molecule has 2 heteroatoms. The van der Waals surface area contributed by atoms with Gasteiger partial charge in [-0.3, -0.25) is 0 Å². The van der Waals surface area contributed by atoms with Crippen LogP contribution in [0.2, 0.25) is 0 Å². The second-order valence-corrected chi connectivity index (χ2v) is 5.10. The largest absolute Gasteiger partial charge is 0.323 e. The number of aromatic nitrogens is 1. The van der Waals surface area contributed by atoms with E-state index in [4.69, 9.17) is 0 Å². The molecule has 1 N–H and O–H groups in total. The summed E-state index contributed by atoms with van der Waals surface area (Å²) in [6.07, 6.45) is 5.42. The number of pyridine rings is 1. The quantitative estimate of drug-likeness (QED) is 0.756. The first kappa shape index (κ1) is 12.9. The maximum absolute atomic E-state index is 3.28. The SMILES string of the molecule is CCc1ccc(-c2cn3ccccc3c2CNC)cc1. The van der Waals surface area contributed by atoms with Crippen molar-refractivity contribution < 1.29 is 0 Å². The normalized spacial score (nSPS) is 11.1. The Morgan fingerprint density at radius 1 is 1.05 bits per heavy atom. The molecule has 0 atom stereocenters. The van der Waals surface area contributed by atoms with Gasteiger partial charge in [0.25, 0.3) is 0 Å². The maximum atomic E-state index is 3.28. The topological polar surface area (TPSA) is 16.4 Å². The lowest BCUT2D eigenvalue weighted by Gasteiger charge is -2.05. The number of aryl methyl sites for hydroxylation is 1. The summed E-state index contributed by atoms with van der Waals surface area (Å²) in [6, 6.07) is 15.2. The van der Waals surface area contributed by atoms with Gasteiger partial charge in [-0.2, -0.15) is 0 Å². The molecule has 2 heterocycles. The van der Waals surface area contributed by atoms with Crippen LogP contribution in [-0.4, -0.2) is 11.4 Å². The summed E-state index contributed by atoms with van der Waals surface area (Å²) in [4.78, 5) is 0. The van der Waals surface area contributed by atoms with Crippen LogP contribution in [0.25, 0.3) is 16.6 Å². The highest BCUT2D eigenvalue weighted by Crippen LogP contribution is 2.29. The zero-order chi connectivity index (χ0) is 13.9. The van der Waals surface area contributed by atoms with E-state index in [1.54, 1.807) is 0 Å². The predicted molar refractivity (Wildman–Crippen MR) is 85.0 cm³/mol. The second kappa shape index (κ2) is 5.51. The number of nitrogens with zero attached hydrogens (tertiary/aromatic N) is 1. The molecule has 0 saturated carbocycles. The molecule has 2 nitrogen and oxygen atoms in total. The highest BCUT2D eigenvalue weighted by Gasteiger charge is 2.11. The summed E-state index contributed by atoms with van der Waals surface area (Å²) < 4.78 is 2.20. The Balaban J connectivity index is 2.15. The molecule has 1 aromatic carbocycles. The first-order valence-corrected chi connectivity index (χ1v) is 7.16. The molecule has 0 spiro atoms. The van der Waals surface area contributed by atoms with Gasteiger partial charge in [0.1, 0.15) is 0 Å². The summed E-state index contributed by atoms with van der Waals surface area (Å²) in [6.45, 7) is 3.07. The number of hydrogen-bond donors (Lipinski definition) is 1. The first-order chi connectivity index (χ1) is 9.83. The van der Waals surface area contributed by atoms with Gasteiger partial charge in [0.05, 0.1) is 5.52 Å². The van der Waals surface area contributed by atoms with Crippen LogP contribution in [0, 0.1) is 0 Å². The van der Waals surface area contributed by atoms with E-state index in [0.717, 1.165) is 13.0 Å². The van der Waals surface area contributed by atoms with Crippen LogP contribution in [0.3, 0.4) is 0 Å². The van der Waals surface area contributed by atoms with Gasteiger partial charge in [-0.15, -0.1) is 0 Å². The van der Waals surface area contributed by atoms with Gasteiger partial charge in [-0.25, -0.2) is 0 Å². The molecule has 0 saturated heterocycles. The monoisotopic (exact) mass is 264 g/mol. The van der Waals surface area contributed by atoms with Crippen molar-refractivity contribution in [2.45, 2.75) is 19.9 Å². The van der Waals surface area contributed by atoms with Crippen molar-refractivity contribution in [3.8, 4) is 11.1 Å². The van der Waals surface area contributed by atoms with Crippen LogP contribution in [0.4, 0.5) is 0 Å². The predicted octanol–water partition coefficient (Wildman–Crippen LogP) is 3.89. The Morgan fingerprint density at radius 3 is 2.55 bits per heavy atom. The molecule has 0 aliphatic rings. The number of fused-ring (bicyclic) bond motifs is 1. The Hall–Kier alpha value is -2.06. The Bertz CT molecular complexity index is 708. The standard InChI is InChI=1S/C18H20N2/c1-3-14-7-9-15(10-8-14)17-13-20-11-5-4-6-18(20)16(17)12-19-2/h4-11,13,19H,3,12H2,1-2H3. The highest BCUT2D eigenvalue weighted by atomic mass is 14.9. The van der Waals surface area contributed by atoms with E-state index in [1.165, 1.54) is 27.8 Å². The van der Waals surface area contributed by atoms with Gasteiger partial charge in [0, 0.05) is 24.5 Å². The third-order valence-electron chi connectivity index (χ3n) is 3.82. The van der Waals surface area contributed by atoms with Crippen molar-refractivity contribution in [1.82, 2.24) is 9.72 Å². The lowest BCUT2D eigenvalue weighted by atomic mass is 10.0. The number of hydrogen-bond acceptors (Lipinski definition) is 1. The van der Waals surface area contributed by atoms with Gasteiger partial charge in [0.15, 0.2) is 0 Å². The molecule has 102 valence electrons. The fourth-order valence-corrected chi connectivity index (χ4v) is 2.71. The molecular weight excluding hydrogens is 244 g/mol. The fraction of sp³-hybridized carbons (Fsp3) is 0.222. The average Bonchev–Trinajstić information content (AvgIpc) is 2.87. The zero-order valence-electron chi connectivity index (χ0n) is 12.1. The third-order valence-corrected chi connectivity index (χ3v) is 3.82. The Kier molecular flexibility index (Phi) is 3.57. The summed E-state index contributed by atoms with van der Waals surface area (Å²) >= 11 is 0. The summed E-state index contributed by atoms with van der Waals surface area (Å²) in [5, 5.41) is 3.28. The lowest BCUT2D eigenvalue weighted by Crippen LogP contribution is -2.05. The van der Waals surface area contributed by atoms with Crippen LogP contribution in [0.1, 0.15) is 18.1 Å². The van der Waals surface area contributed by atoms with E-state index in [2.05, 4.69) is 71.5 Å². The van der Waals surface area contributed by atoms with Crippen LogP contribution < -0.4 is 5.32 Å². The van der Waals surface area contributed by atoms with E-state index >= 15 is 0 Å². The summed E-state index contributed by atoms with van der Waals surface area (Å²) in [5.74, 6) is 0. The van der Waals surface area contributed by atoms with Crippen molar-refractivity contribution in [2.75, 3.05) is 7.05 Å². The van der Waals surface area contributed by atoms with Crippen molar-refractivity contribution >= 4 is 5.52 Å². The molecule has 0 fully saturated rings. The van der Waals surface area contributed by atoms with E-state index in [-0.39, 0.29) is 0 Å². The first-order valence-electron chi connectivity index (χ1n) is 7.16. The Labute approximate surface area is 120 Å². The van der Waals surface area contributed by atoms with Crippen molar-refractivity contribution in [1.29, 1.82) is 0 Å². The van der Waals surface area contributed by atoms with Crippen molar-refractivity contribution in [3.63, 3.8) is 0 Å². The minimum absolute atomic E-state index is 0.880. The van der Waals surface area contributed by atoms with Crippen LogP contribution in [0.5, 0.6) is 0 Å². The number of rotatable bonds is 4. The van der Waals surface area contributed by atoms with Crippen molar-refractivity contribution in [3.05, 3.63) is 66.0 Å². The summed E-state index contributed by atoms with van der Waals surface area (Å²) in [7, 11) is 2.00. The smallest absolute Gasteiger partial charge is 0.0501 e. The molecule has 2 aromatic heterocycles. The van der Waals surface area contributed by atoms with Crippen LogP contribution in [-0.2, 0) is 13.0 Å². The minimum Gasteiger partial charge on any atom is -0.323 e. The number of benzene rings is 1. The van der Waals surface area contributed by atoms with Gasteiger partial charge >= 0.3 is 0 Å². The highest BCUT2D eigenvalue weighted by molar-refractivity contribution is 5.76. The molecule has 0 aliphatic carbocycles. The minimum atomic E-state index is 0.880. The maximum Gasteiger partial charge on any atom is 0.0501 e. The van der Waals surface area contributed by atoms with E-state index < -0.39 is 0 Å². The number of nitrogens with one attached hydrogen (secondary N) is 1. The van der Waals surface area contributed by atoms with Gasteiger partial charge in [-0.05, 0) is 42.3 Å². The third kappa shape index (κ3) is 2.23. The zero-order valence-corrected chi connectivity index (χ0v) is 12.1. The van der Waals surface area contributed by atoms with Gasteiger partial charge in [-0.1, -0.05) is 37.3 Å². The molecular formula is C18H20N2. The van der Waals surface area contributed by atoms with Crippen molar-refractivity contribution in [2.24, 2.45) is 0 Å².